The highest BCUT2D eigenvalue weighted by Crippen LogP contribution is 2.24. The van der Waals surface area contributed by atoms with Crippen molar-refractivity contribution in [3.8, 4) is 11.3 Å². The molecule has 0 N–H and O–H groups in total. The van der Waals surface area contributed by atoms with Gasteiger partial charge in [-0.1, -0.05) is 13.8 Å². The van der Waals surface area contributed by atoms with Crippen molar-refractivity contribution in [2.45, 2.75) is 26.7 Å². The Labute approximate surface area is 168 Å². The minimum Gasteiger partial charge on any atom is -0.383 e. The van der Waals surface area contributed by atoms with Crippen LogP contribution in [0.4, 0.5) is 4.39 Å². The number of halogens is 1. The van der Waals surface area contributed by atoms with E-state index < -0.39 is 0 Å². The molecule has 3 rings (SSSR count). The van der Waals surface area contributed by atoms with E-state index in [-0.39, 0.29) is 11.7 Å². The van der Waals surface area contributed by atoms with Crippen molar-refractivity contribution in [3.05, 3.63) is 47.4 Å². The van der Waals surface area contributed by atoms with Gasteiger partial charge in [0.15, 0.2) is 4.96 Å². The fourth-order valence-electron chi connectivity index (χ4n) is 3.06. The minimum absolute atomic E-state index is 0.163. The maximum atomic E-state index is 13.2. The van der Waals surface area contributed by atoms with E-state index in [1.165, 1.54) is 12.1 Å². The average Bonchev–Trinajstić information content (AvgIpc) is 3.23. The van der Waals surface area contributed by atoms with Crippen molar-refractivity contribution in [2.75, 3.05) is 26.8 Å². The topological polar surface area (TPSA) is 46.8 Å². The van der Waals surface area contributed by atoms with Crippen LogP contribution in [0.5, 0.6) is 0 Å². The Morgan fingerprint density at radius 1 is 1.29 bits per heavy atom. The SMILES string of the molecule is COCCN(CCc1csc2nc(-c3ccc(F)cc3)cn12)C(=O)CC(C)C. The van der Waals surface area contributed by atoms with Crippen molar-refractivity contribution >= 4 is 22.2 Å². The molecule has 0 bridgehead atoms. The number of carbonyl (C=O) groups excluding carboxylic acids is 1. The molecule has 150 valence electrons. The van der Waals surface area contributed by atoms with E-state index in [1.54, 1.807) is 30.6 Å². The minimum atomic E-state index is -0.257. The van der Waals surface area contributed by atoms with Gasteiger partial charge in [0, 0.05) is 55.9 Å². The molecule has 0 spiro atoms. The summed E-state index contributed by atoms with van der Waals surface area (Å²) in [5.41, 5.74) is 2.82. The molecule has 3 aromatic rings. The first-order valence-corrected chi connectivity index (χ1v) is 10.3. The molecule has 0 aliphatic carbocycles. The summed E-state index contributed by atoms with van der Waals surface area (Å²) in [5.74, 6) is 0.237. The van der Waals surface area contributed by atoms with E-state index >= 15 is 0 Å². The Balaban J connectivity index is 1.73. The van der Waals surface area contributed by atoms with Crippen LogP contribution in [0.25, 0.3) is 16.2 Å². The van der Waals surface area contributed by atoms with Gasteiger partial charge in [0.05, 0.1) is 12.3 Å². The van der Waals surface area contributed by atoms with Crippen molar-refractivity contribution in [3.63, 3.8) is 0 Å². The van der Waals surface area contributed by atoms with E-state index in [2.05, 4.69) is 28.6 Å². The maximum Gasteiger partial charge on any atom is 0.222 e. The van der Waals surface area contributed by atoms with Crippen LogP contribution >= 0.6 is 11.3 Å². The fourth-order valence-corrected chi connectivity index (χ4v) is 3.97. The molecule has 0 saturated carbocycles. The highest BCUT2D eigenvalue weighted by atomic mass is 32.1. The zero-order valence-corrected chi connectivity index (χ0v) is 17.3. The number of rotatable bonds is 9. The first kappa shape index (κ1) is 20.5. The summed E-state index contributed by atoms with van der Waals surface area (Å²) in [6.45, 7) is 5.88. The summed E-state index contributed by atoms with van der Waals surface area (Å²) in [5, 5.41) is 2.08. The monoisotopic (exact) mass is 403 g/mol. The van der Waals surface area contributed by atoms with Crippen molar-refractivity contribution in [2.24, 2.45) is 5.92 Å². The predicted octanol–water partition coefficient (Wildman–Crippen LogP) is 4.27. The van der Waals surface area contributed by atoms with E-state index in [4.69, 9.17) is 4.74 Å². The molecule has 1 amide bonds. The summed E-state index contributed by atoms with van der Waals surface area (Å²) < 4.78 is 20.4. The highest BCUT2D eigenvalue weighted by molar-refractivity contribution is 7.15. The van der Waals surface area contributed by atoms with Crippen LogP contribution in [-0.2, 0) is 16.0 Å². The number of nitrogens with zero attached hydrogens (tertiary/aromatic N) is 3. The lowest BCUT2D eigenvalue weighted by atomic mass is 10.1. The largest absolute Gasteiger partial charge is 0.383 e. The van der Waals surface area contributed by atoms with Crippen LogP contribution < -0.4 is 0 Å². The van der Waals surface area contributed by atoms with Crippen molar-refractivity contribution in [1.29, 1.82) is 0 Å². The van der Waals surface area contributed by atoms with Crippen LogP contribution in [0.3, 0.4) is 0 Å². The van der Waals surface area contributed by atoms with Gasteiger partial charge in [-0.25, -0.2) is 9.37 Å². The lowest BCUT2D eigenvalue weighted by molar-refractivity contribution is -0.132. The van der Waals surface area contributed by atoms with Crippen LogP contribution in [0, 0.1) is 11.7 Å². The second kappa shape index (κ2) is 9.30. The summed E-state index contributed by atoms with van der Waals surface area (Å²) in [6, 6.07) is 6.35. The quantitative estimate of drug-likeness (QED) is 0.536. The van der Waals surface area contributed by atoms with E-state index in [0.717, 1.165) is 28.3 Å². The van der Waals surface area contributed by atoms with Crippen LogP contribution in [0.1, 0.15) is 26.0 Å². The summed E-state index contributed by atoms with van der Waals surface area (Å²) >= 11 is 1.57. The van der Waals surface area contributed by atoms with Gasteiger partial charge in [0.2, 0.25) is 5.91 Å². The Morgan fingerprint density at radius 2 is 2.04 bits per heavy atom. The number of aromatic nitrogens is 2. The maximum absolute atomic E-state index is 13.2. The van der Waals surface area contributed by atoms with Gasteiger partial charge in [-0.05, 0) is 30.2 Å². The summed E-state index contributed by atoms with van der Waals surface area (Å²) in [4.78, 5) is 19.9. The van der Waals surface area contributed by atoms with Gasteiger partial charge < -0.3 is 9.64 Å². The molecule has 2 aromatic heterocycles. The lowest BCUT2D eigenvalue weighted by Crippen LogP contribution is -2.36. The summed E-state index contributed by atoms with van der Waals surface area (Å²) in [7, 11) is 1.65. The van der Waals surface area contributed by atoms with Crippen molar-refractivity contribution < 1.29 is 13.9 Å². The van der Waals surface area contributed by atoms with Gasteiger partial charge in [0.25, 0.3) is 0 Å². The van der Waals surface area contributed by atoms with Crippen LogP contribution in [0.2, 0.25) is 0 Å². The zero-order valence-electron chi connectivity index (χ0n) is 16.5. The van der Waals surface area contributed by atoms with E-state index in [1.807, 2.05) is 11.1 Å². The molecule has 0 fully saturated rings. The van der Waals surface area contributed by atoms with Gasteiger partial charge in [0.1, 0.15) is 5.82 Å². The van der Waals surface area contributed by atoms with E-state index in [9.17, 15) is 9.18 Å². The Hall–Kier alpha value is -2.25. The number of ether oxygens (including phenoxy) is 1. The molecule has 0 aliphatic rings. The van der Waals surface area contributed by atoms with Gasteiger partial charge in [-0.2, -0.15) is 0 Å². The van der Waals surface area contributed by atoms with E-state index in [0.29, 0.717) is 32.0 Å². The number of hydrogen-bond acceptors (Lipinski definition) is 4. The average molecular weight is 404 g/mol. The Kier molecular flexibility index (Phi) is 6.80. The first-order chi connectivity index (χ1) is 13.5. The number of thiazole rings is 1. The second-order valence-electron chi connectivity index (χ2n) is 7.23. The second-order valence-corrected chi connectivity index (χ2v) is 8.07. The van der Waals surface area contributed by atoms with Gasteiger partial charge in [-0.15, -0.1) is 11.3 Å². The zero-order chi connectivity index (χ0) is 20.1. The first-order valence-electron chi connectivity index (χ1n) is 9.46. The third kappa shape index (κ3) is 4.97. The molecular formula is C21H26FN3O2S. The molecule has 0 unspecified atom stereocenters. The highest BCUT2D eigenvalue weighted by Gasteiger charge is 2.16. The third-order valence-electron chi connectivity index (χ3n) is 4.56. The van der Waals surface area contributed by atoms with Crippen LogP contribution in [0.15, 0.2) is 35.8 Å². The molecule has 7 heteroatoms. The number of benzene rings is 1. The summed E-state index contributed by atoms with van der Waals surface area (Å²) in [6.07, 6.45) is 3.26. The number of imidazole rings is 1. The van der Waals surface area contributed by atoms with Crippen LogP contribution in [-0.4, -0.2) is 47.0 Å². The molecule has 0 radical (unpaired) electrons. The lowest BCUT2D eigenvalue weighted by Gasteiger charge is -2.23. The molecule has 1 aromatic carbocycles. The van der Waals surface area contributed by atoms with Crippen molar-refractivity contribution in [1.82, 2.24) is 14.3 Å². The molecular weight excluding hydrogens is 377 g/mol. The molecule has 0 aliphatic heterocycles. The molecule has 28 heavy (non-hydrogen) atoms. The Bertz CT molecular complexity index is 918. The number of carbonyl (C=O) groups is 1. The third-order valence-corrected chi connectivity index (χ3v) is 5.45. The number of hydrogen-bond donors (Lipinski definition) is 0. The molecule has 2 heterocycles. The molecule has 0 saturated heterocycles. The normalized spacial score (nSPS) is 11.5. The molecule has 0 atom stereocenters. The molecule has 5 nitrogen and oxygen atoms in total. The number of methoxy groups -OCH3 is 1. The predicted molar refractivity (Wildman–Crippen MR) is 110 cm³/mol. The number of fused-ring (bicyclic) bond motifs is 1. The van der Waals surface area contributed by atoms with Gasteiger partial charge >= 0.3 is 0 Å². The fraction of sp³-hybridized carbons (Fsp3) is 0.429. The number of amides is 1. The Morgan fingerprint density at radius 3 is 2.71 bits per heavy atom. The standard InChI is InChI=1S/C21H26FN3O2S/c1-15(2)12-20(26)24(10-11-27-3)9-8-18-14-28-21-23-19(13-25(18)21)16-4-6-17(22)7-5-16/h4-7,13-15H,8-12H2,1-3H3. The smallest absolute Gasteiger partial charge is 0.222 e. The van der Waals surface area contributed by atoms with Gasteiger partial charge in [-0.3, -0.25) is 9.20 Å².